The minimum absolute atomic E-state index is 0.250. The van der Waals surface area contributed by atoms with Crippen LogP contribution in [-0.2, 0) is 10.0 Å². The van der Waals surface area contributed by atoms with Crippen LogP contribution in [0.3, 0.4) is 0 Å². The zero-order chi connectivity index (χ0) is 14.8. The first-order chi connectivity index (χ1) is 9.42. The van der Waals surface area contributed by atoms with E-state index >= 15 is 0 Å². The number of anilines is 1. The molecule has 0 heterocycles. The van der Waals surface area contributed by atoms with Crippen molar-refractivity contribution in [1.29, 1.82) is 0 Å². The summed E-state index contributed by atoms with van der Waals surface area (Å²) < 4.78 is 40.3. The molecule has 0 saturated heterocycles. The molecule has 0 aliphatic rings. The van der Waals surface area contributed by atoms with Gasteiger partial charge in [-0.15, -0.1) is 0 Å². The van der Waals surface area contributed by atoms with E-state index in [1.165, 1.54) is 12.1 Å². The molecule has 0 radical (unpaired) electrons. The van der Waals surface area contributed by atoms with Crippen molar-refractivity contribution in [1.82, 2.24) is 4.72 Å². The number of halogens is 1. The third-order valence-corrected chi connectivity index (χ3v) is 4.53. The molecule has 0 amide bonds. The summed E-state index contributed by atoms with van der Waals surface area (Å²) in [5.41, 5.74) is 5.93. The number of hydrogen-bond donors (Lipinski definition) is 2. The van der Waals surface area contributed by atoms with Crippen LogP contribution in [0.1, 0.15) is 18.5 Å². The fourth-order valence-corrected chi connectivity index (χ4v) is 3.23. The van der Waals surface area contributed by atoms with Gasteiger partial charge in [0, 0.05) is 6.04 Å². The van der Waals surface area contributed by atoms with Gasteiger partial charge >= 0.3 is 0 Å². The van der Waals surface area contributed by atoms with Gasteiger partial charge in [-0.3, -0.25) is 0 Å². The number of rotatable bonds is 4. The Labute approximate surface area is 117 Å². The summed E-state index contributed by atoms with van der Waals surface area (Å²) in [5.74, 6) is -0.750. The average molecular weight is 294 g/mol. The largest absolute Gasteiger partial charge is 0.395 e. The molecular weight excluding hydrogens is 279 g/mol. The van der Waals surface area contributed by atoms with E-state index in [1.807, 2.05) is 30.3 Å². The van der Waals surface area contributed by atoms with Crippen molar-refractivity contribution in [2.45, 2.75) is 17.9 Å². The number of hydrogen-bond acceptors (Lipinski definition) is 3. The fraction of sp³-hybridized carbons (Fsp3) is 0.143. The Balaban J connectivity index is 2.30. The first-order valence-corrected chi connectivity index (χ1v) is 7.51. The Kier molecular flexibility index (Phi) is 4.06. The molecule has 2 aromatic carbocycles. The van der Waals surface area contributed by atoms with Crippen LogP contribution in [0.2, 0.25) is 0 Å². The number of nitrogen functional groups attached to an aromatic ring is 1. The molecule has 20 heavy (non-hydrogen) atoms. The van der Waals surface area contributed by atoms with Crippen LogP contribution in [0.15, 0.2) is 53.4 Å². The predicted octanol–water partition coefficient (Wildman–Crippen LogP) is 2.45. The summed E-state index contributed by atoms with van der Waals surface area (Å²) >= 11 is 0. The summed E-state index contributed by atoms with van der Waals surface area (Å²) in [5, 5.41) is 0. The number of nitrogens with two attached hydrogens (primary N) is 1. The van der Waals surface area contributed by atoms with Crippen molar-refractivity contribution in [3.63, 3.8) is 0 Å². The predicted molar refractivity (Wildman–Crippen MR) is 76.0 cm³/mol. The van der Waals surface area contributed by atoms with Crippen LogP contribution in [0.4, 0.5) is 10.1 Å². The molecule has 0 aromatic heterocycles. The average Bonchev–Trinajstić information content (AvgIpc) is 2.42. The van der Waals surface area contributed by atoms with E-state index in [1.54, 1.807) is 6.92 Å². The quantitative estimate of drug-likeness (QED) is 0.851. The SMILES string of the molecule is C[C@@H](NS(=O)(=O)c1cccc(F)c1N)c1ccccc1. The molecular formula is C14H15FN2O2S. The normalized spacial score (nSPS) is 13.1. The van der Waals surface area contributed by atoms with Gasteiger partial charge < -0.3 is 5.73 Å². The highest BCUT2D eigenvalue weighted by Gasteiger charge is 2.22. The molecule has 2 aromatic rings. The number of benzene rings is 2. The Morgan fingerprint density at radius 3 is 2.40 bits per heavy atom. The lowest BCUT2D eigenvalue weighted by molar-refractivity contribution is 0.565. The Morgan fingerprint density at radius 2 is 1.75 bits per heavy atom. The molecule has 2 rings (SSSR count). The van der Waals surface area contributed by atoms with Crippen LogP contribution in [0.25, 0.3) is 0 Å². The molecule has 0 aliphatic heterocycles. The van der Waals surface area contributed by atoms with Gasteiger partial charge in [0.15, 0.2) is 0 Å². The maximum Gasteiger partial charge on any atom is 0.243 e. The smallest absolute Gasteiger partial charge is 0.243 e. The lowest BCUT2D eigenvalue weighted by atomic mass is 10.1. The summed E-state index contributed by atoms with van der Waals surface area (Å²) in [6, 6.07) is 12.4. The summed E-state index contributed by atoms with van der Waals surface area (Å²) in [6.07, 6.45) is 0. The lowest BCUT2D eigenvalue weighted by Gasteiger charge is -2.15. The monoisotopic (exact) mass is 294 g/mol. The third-order valence-electron chi connectivity index (χ3n) is 2.93. The summed E-state index contributed by atoms with van der Waals surface area (Å²) in [4.78, 5) is -0.250. The van der Waals surface area contributed by atoms with Crippen LogP contribution < -0.4 is 10.5 Å². The van der Waals surface area contributed by atoms with Crippen LogP contribution in [0, 0.1) is 5.82 Å². The summed E-state index contributed by atoms with van der Waals surface area (Å²) in [6.45, 7) is 1.71. The number of nitrogens with one attached hydrogen (secondary N) is 1. The van der Waals surface area contributed by atoms with Gasteiger partial charge in [0.25, 0.3) is 0 Å². The highest BCUT2D eigenvalue weighted by atomic mass is 32.2. The molecule has 106 valence electrons. The Morgan fingerprint density at radius 1 is 1.10 bits per heavy atom. The second-order valence-electron chi connectivity index (χ2n) is 4.41. The zero-order valence-electron chi connectivity index (χ0n) is 10.9. The highest BCUT2D eigenvalue weighted by molar-refractivity contribution is 7.89. The zero-order valence-corrected chi connectivity index (χ0v) is 11.7. The first-order valence-electron chi connectivity index (χ1n) is 6.03. The van der Waals surface area contributed by atoms with Crippen molar-refractivity contribution < 1.29 is 12.8 Å². The van der Waals surface area contributed by atoms with Crippen LogP contribution in [-0.4, -0.2) is 8.42 Å². The molecule has 0 spiro atoms. The van der Waals surface area contributed by atoms with Gasteiger partial charge in [-0.05, 0) is 24.6 Å². The fourth-order valence-electron chi connectivity index (χ4n) is 1.86. The Bertz CT molecular complexity index is 702. The van der Waals surface area contributed by atoms with E-state index in [-0.39, 0.29) is 10.6 Å². The van der Waals surface area contributed by atoms with E-state index in [2.05, 4.69) is 4.72 Å². The molecule has 3 N–H and O–H groups in total. The molecule has 4 nitrogen and oxygen atoms in total. The van der Waals surface area contributed by atoms with Gasteiger partial charge in [0.05, 0.1) is 5.69 Å². The van der Waals surface area contributed by atoms with Gasteiger partial charge in [-0.2, -0.15) is 0 Å². The molecule has 0 aliphatic carbocycles. The first kappa shape index (κ1) is 14.5. The van der Waals surface area contributed by atoms with Crippen molar-refractivity contribution in [3.8, 4) is 0 Å². The van der Waals surface area contributed by atoms with Crippen LogP contribution >= 0.6 is 0 Å². The number of sulfonamides is 1. The minimum atomic E-state index is -3.88. The second kappa shape index (κ2) is 5.60. The molecule has 0 bridgehead atoms. The number of para-hydroxylation sites is 1. The van der Waals surface area contributed by atoms with E-state index in [0.29, 0.717) is 0 Å². The van der Waals surface area contributed by atoms with E-state index < -0.39 is 21.9 Å². The third kappa shape index (κ3) is 2.97. The standard InChI is InChI=1S/C14H15FN2O2S/c1-10(11-6-3-2-4-7-11)17-20(18,19)13-9-5-8-12(15)14(13)16/h2-10,17H,16H2,1H3/t10-/m1/s1. The topological polar surface area (TPSA) is 72.2 Å². The maximum atomic E-state index is 13.4. The van der Waals surface area contributed by atoms with Gasteiger partial charge in [0.2, 0.25) is 10.0 Å². The molecule has 1 atom stereocenters. The maximum absolute atomic E-state index is 13.4. The van der Waals surface area contributed by atoms with E-state index in [9.17, 15) is 12.8 Å². The van der Waals surface area contributed by atoms with E-state index in [0.717, 1.165) is 11.6 Å². The molecule has 6 heteroatoms. The molecule has 0 saturated carbocycles. The van der Waals surface area contributed by atoms with Crippen molar-refractivity contribution in [3.05, 3.63) is 59.9 Å². The van der Waals surface area contributed by atoms with Crippen molar-refractivity contribution in [2.24, 2.45) is 0 Å². The Hall–Kier alpha value is -1.92. The second-order valence-corrected chi connectivity index (χ2v) is 6.09. The summed E-state index contributed by atoms with van der Waals surface area (Å²) in [7, 11) is -3.88. The van der Waals surface area contributed by atoms with Gasteiger partial charge in [0.1, 0.15) is 10.7 Å². The molecule has 0 unspecified atom stereocenters. The minimum Gasteiger partial charge on any atom is -0.395 e. The van der Waals surface area contributed by atoms with Crippen molar-refractivity contribution >= 4 is 15.7 Å². The lowest BCUT2D eigenvalue weighted by Crippen LogP contribution is -2.27. The molecule has 0 fully saturated rings. The van der Waals surface area contributed by atoms with Crippen molar-refractivity contribution in [2.75, 3.05) is 5.73 Å². The van der Waals surface area contributed by atoms with E-state index in [4.69, 9.17) is 5.73 Å². The van der Waals surface area contributed by atoms with Gasteiger partial charge in [-0.1, -0.05) is 36.4 Å². The van der Waals surface area contributed by atoms with Gasteiger partial charge in [-0.25, -0.2) is 17.5 Å². The van der Waals surface area contributed by atoms with Crippen LogP contribution in [0.5, 0.6) is 0 Å². The highest BCUT2D eigenvalue weighted by Crippen LogP contribution is 2.23.